The smallest absolute Gasteiger partial charge is 0.289 e. The molecule has 1 fully saturated rings. The van der Waals surface area contributed by atoms with E-state index in [0.29, 0.717) is 28.1 Å². The van der Waals surface area contributed by atoms with Crippen LogP contribution in [0, 0.1) is 5.82 Å². The van der Waals surface area contributed by atoms with Crippen LogP contribution >= 0.6 is 0 Å². The van der Waals surface area contributed by atoms with Crippen molar-refractivity contribution < 1.29 is 13.6 Å². The molecule has 0 saturated carbocycles. The molecule has 31 heavy (non-hydrogen) atoms. The second-order valence-corrected chi connectivity index (χ2v) is 7.82. The van der Waals surface area contributed by atoms with Crippen LogP contribution in [0.15, 0.2) is 52.9 Å². The van der Waals surface area contributed by atoms with Crippen molar-refractivity contribution in [3.05, 3.63) is 65.7 Å². The zero-order valence-electron chi connectivity index (χ0n) is 17.1. The minimum atomic E-state index is -0.438. The number of furan rings is 1. The van der Waals surface area contributed by atoms with Crippen molar-refractivity contribution in [2.75, 3.05) is 18.0 Å². The van der Waals surface area contributed by atoms with E-state index in [2.05, 4.69) is 20.2 Å². The van der Waals surface area contributed by atoms with E-state index in [1.54, 1.807) is 18.2 Å². The van der Waals surface area contributed by atoms with E-state index >= 15 is 0 Å². The average Bonchev–Trinajstić information content (AvgIpc) is 2.96. The maximum atomic E-state index is 13.9. The van der Waals surface area contributed by atoms with Gasteiger partial charge in [0.1, 0.15) is 16.9 Å². The lowest BCUT2D eigenvalue weighted by molar-refractivity contribution is 0.0940. The number of carbonyl (C=O) groups excluding carboxylic acids is 1. The molecule has 0 unspecified atom stereocenters. The molecule has 1 aliphatic heterocycles. The van der Waals surface area contributed by atoms with Crippen LogP contribution in [0.1, 0.15) is 41.9 Å². The molecule has 1 amide bonds. The Labute approximate surface area is 179 Å². The summed E-state index contributed by atoms with van der Waals surface area (Å²) in [6.45, 7) is 1.79. The Morgan fingerprint density at radius 2 is 1.74 bits per heavy atom. The zero-order chi connectivity index (χ0) is 21.2. The summed E-state index contributed by atoms with van der Waals surface area (Å²) in [4.78, 5) is 24.3. The lowest BCUT2D eigenvalue weighted by Gasteiger charge is -2.21. The van der Waals surface area contributed by atoms with Gasteiger partial charge in [0.15, 0.2) is 11.4 Å². The van der Waals surface area contributed by atoms with Crippen molar-refractivity contribution in [2.24, 2.45) is 0 Å². The predicted octanol–water partition coefficient (Wildman–Crippen LogP) is 4.83. The van der Waals surface area contributed by atoms with E-state index < -0.39 is 5.91 Å². The number of anilines is 1. The second kappa shape index (κ2) is 8.34. The highest BCUT2D eigenvalue weighted by atomic mass is 19.1. The minimum Gasteiger partial charge on any atom is -0.450 e. The number of hydrogen-bond donors (Lipinski definition) is 1. The first-order valence-corrected chi connectivity index (χ1v) is 10.7. The number of halogens is 1. The first-order chi connectivity index (χ1) is 15.2. The average molecular weight is 418 g/mol. The number of hydrogen-bond acceptors (Lipinski definition) is 5. The number of rotatable bonds is 4. The van der Waals surface area contributed by atoms with E-state index in [9.17, 15) is 9.18 Å². The van der Waals surface area contributed by atoms with Gasteiger partial charge in [0.25, 0.3) is 5.91 Å². The number of aromatic nitrogens is 2. The third-order valence-corrected chi connectivity index (χ3v) is 5.71. The van der Waals surface area contributed by atoms with E-state index in [1.807, 2.05) is 24.3 Å². The molecular weight excluding hydrogens is 395 g/mol. The van der Waals surface area contributed by atoms with Crippen molar-refractivity contribution >= 4 is 33.8 Å². The lowest BCUT2D eigenvalue weighted by Crippen LogP contribution is -2.29. The Hall–Kier alpha value is -3.48. The quantitative estimate of drug-likeness (QED) is 0.514. The first-order valence-electron chi connectivity index (χ1n) is 10.7. The van der Waals surface area contributed by atoms with Gasteiger partial charge in [-0.1, -0.05) is 43.2 Å². The van der Waals surface area contributed by atoms with Crippen LogP contribution in [0.5, 0.6) is 0 Å². The Kier molecular flexibility index (Phi) is 5.24. The van der Waals surface area contributed by atoms with Gasteiger partial charge in [0.05, 0.1) is 0 Å². The first kappa shape index (κ1) is 19.5. The molecule has 0 atom stereocenters. The van der Waals surface area contributed by atoms with Gasteiger partial charge >= 0.3 is 0 Å². The number of benzene rings is 2. The summed E-state index contributed by atoms with van der Waals surface area (Å²) >= 11 is 0. The molecule has 0 bridgehead atoms. The summed E-state index contributed by atoms with van der Waals surface area (Å²) in [6.07, 6.45) is 4.50. The SMILES string of the molecule is O=C(NCc1ccccc1F)c1nc(N2CCCCCC2)c2oc3ccccc3c2n1. The van der Waals surface area contributed by atoms with Crippen LogP contribution < -0.4 is 10.2 Å². The summed E-state index contributed by atoms with van der Waals surface area (Å²) in [6, 6.07) is 14.0. The summed E-state index contributed by atoms with van der Waals surface area (Å²) in [7, 11) is 0. The molecule has 1 N–H and O–H groups in total. The molecule has 7 heteroatoms. The number of fused-ring (bicyclic) bond motifs is 3. The molecule has 158 valence electrons. The van der Waals surface area contributed by atoms with Crippen molar-refractivity contribution in [3.63, 3.8) is 0 Å². The molecular formula is C24H23FN4O2. The molecule has 0 aliphatic carbocycles. The normalized spacial score (nSPS) is 14.7. The van der Waals surface area contributed by atoms with Crippen LogP contribution in [-0.2, 0) is 6.54 Å². The van der Waals surface area contributed by atoms with Crippen molar-refractivity contribution in [1.29, 1.82) is 0 Å². The maximum absolute atomic E-state index is 13.9. The standard InChI is InChI=1S/C24H23FN4O2/c25-18-11-5-3-9-16(18)15-26-24(30)22-27-20-17-10-4-6-12-19(17)31-21(20)23(28-22)29-13-7-1-2-8-14-29/h3-6,9-12H,1-2,7-8,13-15H2,(H,26,30). The molecule has 1 saturated heterocycles. The van der Waals surface area contributed by atoms with Crippen LogP contribution in [0.25, 0.3) is 22.1 Å². The number of amides is 1. The Balaban J connectivity index is 1.55. The van der Waals surface area contributed by atoms with Gasteiger partial charge in [0, 0.05) is 30.6 Å². The molecule has 6 nitrogen and oxygen atoms in total. The fourth-order valence-electron chi connectivity index (χ4n) is 4.07. The highest BCUT2D eigenvalue weighted by Gasteiger charge is 2.23. The van der Waals surface area contributed by atoms with Crippen molar-refractivity contribution in [3.8, 4) is 0 Å². The fraction of sp³-hybridized carbons (Fsp3) is 0.292. The number of para-hydroxylation sites is 1. The van der Waals surface area contributed by atoms with Gasteiger partial charge in [-0.3, -0.25) is 4.79 Å². The van der Waals surface area contributed by atoms with Gasteiger partial charge in [-0.05, 0) is 31.0 Å². The van der Waals surface area contributed by atoms with Gasteiger partial charge in [-0.25, -0.2) is 14.4 Å². The number of carbonyl (C=O) groups is 1. The highest BCUT2D eigenvalue weighted by Crippen LogP contribution is 2.33. The Bertz CT molecular complexity index is 1250. The molecule has 0 radical (unpaired) electrons. The topological polar surface area (TPSA) is 71.3 Å². The van der Waals surface area contributed by atoms with Gasteiger partial charge < -0.3 is 14.6 Å². The third kappa shape index (κ3) is 3.83. The predicted molar refractivity (Wildman–Crippen MR) is 118 cm³/mol. The summed E-state index contributed by atoms with van der Waals surface area (Å²) in [5.74, 6) is -0.0782. The van der Waals surface area contributed by atoms with Crippen molar-refractivity contribution in [1.82, 2.24) is 15.3 Å². The summed E-state index contributed by atoms with van der Waals surface area (Å²) in [5, 5.41) is 3.60. The Morgan fingerprint density at radius 1 is 1.00 bits per heavy atom. The Morgan fingerprint density at radius 3 is 2.55 bits per heavy atom. The van der Waals surface area contributed by atoms with Crippen molar-refractivity contribution in [2.45, 2.75) is 32.2 Å². The van der Waals surface area contributed by atoms with E-state index in [-0.39, 0.29) is 18.2 Å². The molecule has 4 aromatic rings. The highest BCUT2D eigenvalue weighted by molar-refractivity contribution is 6.07. The molecule has 1 aliphatic rings. The summed E-state index contributed by atoms with van der Waals surface area (Å²) in [5.41, 5.74) is 2.36. The van der Waals surface area contributed by atoms with E-state index in [4.69, 9.17) is 4.42 Å². The molecule has 5 rings (SSSR count). The lowest BCUT2D eigenvalue weighted by atomic mass is 10.2. The monoisotopic (exact) mass is 418 g/mol. The second-order valence-electron chi connectivity index (χ2n) is 7.82. The van der Waals surface area contributed by atoms with Gasteiger partial charge in [0.2, 0.25) is 5.82 Å². The fourth-order valence-corrected chi connectivity index (χ4v) is 4.07. The molecule has 2 aromatic heterocycles. The van der Waals surface area contributed by atoms with Gasteiger partial charge in [-0.15, -0.1) is 0 Å². The van der Waals surface area contributed by atoms with Crippen LogP contribution in [0.2, 0.25) is 0 Å². The van der Waals surface area contributed by atoms with E-state index in [1.165, 1.54) is 18.9 Å². The van der Waals surface area contributed by atoms with Crippen LogP contribution in [-0.4, -0.2) is 29.0 Å². The van der Waals surface area contributed by atoms with E-state index in [0.717, 1.165) is 31.3 Å². The van der Waals surface area contributed by atoms with Gasteiger partial charge in [-0.2, -0.15) is 0 Å². The number of nitrogens with one attached hydrogen (secondary N) is 1. The zero-order valence-corrected chi connectivity index (χ0v) is 17.1. The van der Waals surface area contributed by atoms with Crippen LogP contribution in [0.3, 0.4) is 0 Å². The molecule has 2 aromatic carbocycles. The molecule has 3 heterocycles. The summed E-state index contributed by atoms with van der Waals surface area (Å²) < 4.78 is 20.0. The van der Waals surface area contributed by atoms with Crippen LogP contribution in [0.4, 0.5) is 10.2 Å². The maximum Gasteiger partial charge on any atom is 0.289 e. The third-order valence-electron chi connectivity index (χ3n) is 5.71. The number of nitrogens with zero attached hydrogens (tertiary/aromatic N) is 3. The molecule has 0 spiro atoms. The minimum absolute atomic E-state index is 0.0645. The largest absolute Gasteiger partial charge is 0.450 e.